The summed E-state index contributed by atoms with van der Waals surface area (Å²) in [6, 6.07) is 9.05. The van der Waals surface area contributed by atoms with E-state index in [4.69, 9.17) is 5.73 Å². The molecule has 1 unspecified atom stereocenters. The van der Waals surface area contributed by atoms with Crippen molar-refractivity contribution < 1.29 is 4.79 Å². The van der Waals surface area contributed by atoms with Crippen LogP contribution in [-0.2, 0) is 12.8 Å². The van der Waals surface area contributed by atoms with Crippen molar-refractivity contribution in [3.8, 4) is 5.69 Å². The number of aryl methyl sites for hydroxylation is 1. The summed E-state index contributed by atoms with van der Waals surface area (Å²) in [6.45, 7) is 2.82. The third-order valence-corrected chi connectivity index (χ3v) is 6.79. The molecule has 2 aliphatic carbocycles. The summed E-state index contributed by atoms with van der Waals surface area (Å²) in [5.74, 6) is 0.275. The van der Waals surface area contributed by atoms with Gasteiger partial charge in [0.25, 0.3) is 0 Å². The summed E-state index contributed by atoms with van der Waals surface area (Å²) in [6.07, 6.45) is 6.91. The molecule has 2 fully saturated rings. The lowest BCUT2D eigenvalue weighted by Gasteiger charge is -2.38. The van der Waals surface area contributed by atoms with Gasteiger partial charge in [-0.15, -0.1) is 0 Å². The van der Waals surface area contributed by atoms with Crippen molar-refractivity contribution in [3.63, 3.8) is 0 Å². The molecule has 3 aliphatic rings. The zero-order valence-electron chi connectivity index (χ0n) is 18.2. The number of piperazine rings is 1. The van der Waals surface area contributed by atoms with E-state index in [1.165, 1.54) is 15.7 Å². The molecular weight excluding hydrogens is 406 g/mol. The lowest BCUT2D eigenvalue weighted by atomic mass is 9.83. The number of fused-ring (bicyclic) bond motifs is 1. The van der Waals surface area contributed by atoms with Gasteiger partial charge in [-0.3, -0.25) is 9.88 Å². The Morgan fingerprint density at radius 2 is 1.94 bits per heavy atom. The predicted octanol–water partition coefficient (Wildman–Crippen LogP) is 0.606. The number of carbonyl (C=O) groups is 1. The Balaban J connectivity index is 1.25. The Bertz CT molecular complexity index is 1040. The molecule has 5 rings (SSSR count). The average molecular weight is 438 g/mol. The lowest BCUT2D eigenvalue weighted by molar-refractivity contribution is 0.204. The Kier molecular flexibility index (Phi) is 5.95. The molecule has 0 radical (unpaired) electrons. The summed E-state index contributed by atoms with van der Waals surface area (Å²) in [4.78, 5) is 30.8. The fourth-order valence-corrected chi connectivity index (χ4v) is 4.89. The topological polar surface area (TPSA) is 117 Å². The van der Waals surface area contributed by atoms with Crippen molar-refractivity contribution in [1.29, 1.82) is 0 Å². The van der Waals surface area contributed by atoms with Gasteiger partial charge in [0.1, 0.15) is 5.82 Å². The van der Waals surface area contributed by atoms with Crippen LogP contribution in [0.2, 0.25) is 0 Å². The number of aromatic nitrogens is 2. The number of nitrogens with zero attached hydrogens (tertiary/aromatic N) is 3. The summed E-state index contributed by atoms with van der Waals surface area (Å²) in [7, 11) is 0. The third-order valence-electron chi connectivity index (χ3n) is 6.79. The highest BCUT2D eigenvalue weighted by molar-refractivity contribution is 5.88. The maximum absolute atomic E-state index is 12.7. The highest BCUT2D eigenvalue weighted by atomic mass is 16.2. The summed E-state index contributed by atoms with van der Waals surface area (Å²) in [5, 5.41) is 9.68. The van der Waals surface area contributed by atoms with E-state index in [-0.39, 0.29) is 11.8 Å². The largest absolute Gasteiger partial charge is 0.354 e. The number of anilines is 1. The highest BCUT2D eigenvalue weighted by Crippen LogP contribution is 2.26. The number of benzene rings is 1. The van der Waals surface area contributed by atoms with Crippen LogP contribution in [0.25, 0.3) is 5.69 Å². The molecule has 2 aromatic rings. The van der Waals surface area contributed by atoms with Crippen molar-refractivity contribution >= 4 is 11.8 Å². The van der Waals surface area contributed by atoms with Gasteiger partial charge in [-0.1, -0.05) is 6.07 Å². The first-order chi connectivity index (χ1) is 15.5. The SMILES string of the molecule is N[C@H]1C[C@H](NC2CCc3cc(-n4ccc(NC(=O)N5CCNCC5)nc4=O)ccc3C2)C1. The number of hydrogen-bond donors (Lipinski definition) is 4. The van der Waals surface area contributed by atoms with Crippen LogP contribution in [-0.4, -0.2) is 64.8 Å². The van der Waals surface area contributed by atoms with E-state index in [9.17, 15) is 9.59 Å². The molecule has 2 amide bonds. The molecule has 1 saturated carbocycles. The highest BCUT2D eigenvalue weighted by Gasteiger charge is 2.29. The van der Waals surface area contributed by atoms with Gasteiger partial charge in [0.15, 0.2) is 0 Å². The Labute approximate surface area is 187 Å². The minimum absolute atomic E-state index is 0.225. The van der Waals surface area contributed by atoms with Gasteiger partial charge >= 0.3 is 11.7 Å². The predicted molar refractivity (Wildman–Crippen MR) is 123 cm³/mol. The number of hydrogen-bond acceptors (Lipinski definition) is 6. The van der Waals surface area contributed by atoms with E-state index in [1.807, 2.05) is 6.07 Å². The van der Waals surface area contributed by atoms with Crippen LogP contribution in [0.4, 0.5) is 10.6 Å². The first-order valence-electron chi connectivity index (χ1n) is 11.6. The molecule has 170 valence electrons. The van der Waals surface area contributed by atoms with Crippen LogP contribution in [0, 0.1) is 0 Å². The number of carbonyl (C=O) groups excluding carboxylic acids is 1. The van der Waals surface area contributed by atoms with Crippen LogP contribution >= 0.6 is 0 Å². The standard InChI is InChI=1S/C23H31N7O2/c24-17-13-19(14-17)26-18-3-1-16-12-20(4-2-15(16)11-18)30-8-5-21(28-23(30)32)27-22(31)29-9-6-25-7-10-29/h2,4-5,8,12,17-19,25-26H,1,3,6-7,9-11,13-14,24H2,(H,27,28,31,32)/t17-,18?,19-. The molecule has 1 aromatic carbocycles. The monoisotopic (exact) mass is 437 g/mol. The molecule has 1 saturated heterocycles. The maximum Gasteiger partial charge on any atom is 0.354 e. The van der Waals surface area contributed by atoms with Gasteiger partial charge in [0.2, 0.25) is 0 Å². The molecule has 9 nitrogen and oxygen atoms in total. The van der Waals surface area contributed by atoms with E-state index >= 15 is 0 Å². The normalized spacial score (nSPS) is 25.0. The second-order valence-corrected chi connectivity index (χ2v) is 9.12. The van der Waals surface area contributed by atoms with Crippen LogP contribution in [0.5, 0.6) is 0 Å². The third kappa shape index (κ3) is 4.55. The molecule has 5 N–H and O–H groups in total. The van der Waals surface area contributed by atoms with Crippen molar-refractivity contribution in [3.05, 3.63) is 52.1 Å². The number of rotatable bonds is 4. The van der Waals surface area contributed by atoms with Gasteiger partial charge in [0.05, 0.1) is 5.69 Å². The Morgan fingerprint density at radius 3 is 2.69 bits per heavy atom. The molecule has 2 heterocycles. The van der Waals surface area contributed by atoms with Crippen molar-refractivity contribution in [2.24, 2.45) is 5.73 Å². The lowest BCUT2D eigenvalue weighted by Crippen LogP contribution is -2.52. The van der Waals surface area contributed by atoms with Gasteiger partial charge in [-0.05, 0) is 61.4 Å². The van der Waals surface area contributed by atoms with E-state index in [0.29, 0.717) is 31.2 Å². The molecule has 1 aromatic heterocycles. The van der Waals surface area contributed by atoms with Crippen molar-refractivity contribution in [2.75, 3.05) is 31.5 Å². The average Bonchev–Trinajstić information content (AvgIpc) is 2.78. The van der Waals surface area contributed by atoms with E-state index in [2.05, 4.69) is 33.1 Å². The van der Waals surface area contributed by atoms with Gasteiger partial charge in [-0.25, -0.2) is 9.59 Å². The number of urea groups is 1. The summed E-state index contributed by atoms with van der Waals surface area (Å²) in [5.41, 5.74) is 8.93. The van der Waals surface area contributed by atoms with E-state index in [1.54, 1.807) is 17.2 Å². The van der Waals surface area contributed by atoms with Gasteiger partial charge in [-0.2, -0.15) is 4.98 Å². The number of nitrogens with two attached hydrogens (primary N) is 1. The molecular formula is C23H31N7O2. The van der Waals surface area contributed by atoms with Crippen LogP contribution < -0.4 is 27.4 Å². The van der Waals surface area contributed by atoms with Gasteiger partial charge < -0.3 is 21.3 Å². The van der Waals surface area contributed by atoms with Crippen LogP contribution in [0.1, 0.15) is 30.4 Å². The van der Waals surface area contributed by atoms with Crippen LogP contribution in [0.3, 0.4) is 0 Å². The summed E-state index contributed by atoms with van der Waals surface area (Å²) >= 11 is 0. The molecule has 1 aliphatic heterocycles. The minimum atomic E-state index is -0.403. The first kappa shape index (κ1) is 21.1. The first-order valence-corrected chi connectivity index (χ1v) is 11.6. The fraction of sp³-hybridized carbons (Fsp3) is 0.522. The molecule has 0 spiro atoms. The van der Waals surface area contributed by atoms with E-state index < -0.39 is 5.69 Å². The molecule has 9 heteroatoms. The van der Waals surface area contributed by atoms with Crippen molar-refractivity contribution in [1.82, 2.24) is 25.1 Å². The molecule has 1 atom stereocenters. The maximum atomic E-state index is 12.7. The number of amides is 2. The number of nitrogens with one attached hydrogen (secondary N) is 3. The zero-order valence-corrected chi connectivity index (χ0v) is 18.2. The second kappa shape index (κ2) is 9.01. The van der Waals surface area contributed by atoms with E-state index in [0.717, 1.165) is 50.9 Å². The fourth-order valence-electron chi connectivity index (χ4n) is 4.89. The molecule has 32 heavy (non-hydrogen) atoms. The quantitative estimate of drug-likeness (QED) is 0.557. The van der Waals surface area contributed by atoms with Crippen LogP contribution in [0.15, 0.2) is 35.3 Å². The Hall–Kier alpha value is -2.75. The zero-order chi connectivity index (χ0) is 22.1. The minimum Gasteiger partial charge on any atom is -0.328 e. The smallest absolute Gasteiger partial charge is 0.328 e. The van der Waals surface area contributed by atoms with Crippen molar-refractivity contribution in [2.45, 2.75) is 50.2 Å². The van der Waals surface area contributed by atoms with Gasteiger partial charge in [0, 0.05) is 50.5 Å². The molecule has 0 bridgehead atoms. The second-order valence-electron chi connectivity index (χ2n) is 9.12. The summed E-state index contributed by atoms with van der Waals surface area (Å²) < 4.78 is 1.53. The Morgan fingerprint density at radius 1 is 1.12 bits per heavy atom.